The van der Waals surface area contributed by atoms with E-state index >= 15 is 0 Å². The van der Waals surface area contributed by atoms with Crippen molar-refractivity contribution in [3.8, 4) is 0 Å². The molecule has 0 aromatic rings. The zero-order valence-corrected chi connectivity index (χ0v) is 11.8. The van der Waals surface area contributed by atoms with Crippen molar-refractivity contribution < 1.29 is 46.1 Å². The van der Waals surface area contributed by atoms with Crippen LogP contribution in [-0.4, -0.2) is 35.6 Å². The maximum absolute atomic E-state index is 8.78. The van der Waals surface area contributed by atoms with Gasteiger partial charge in [-0.25, -0.2) is 0 Å². The first-order valence-corrected chi connectivity index (χ1v) is 3.90. The zero-order chi connectivity index (χ0) is 9.40. The Morgan fingerprint density at radius 1 is 1.77 bits per heavy atom. The Hall–Kier alpha value is 0.672. The molecule has 0 saturated carbocycles. The van der Waals surface area contributed by atoms with Gasteiger partial charge in [-0.15, -0.1) is 6.58 Å². The second-order valence-corrected chi connectivity index (χ2v) is 2.40. The Balaban J connectivity index is 0. The first-order valence-electron chi connectivity index (χ1n) is 3.90. The number of aliphatic hydroxyl groups is 2. The van der Waals surface area contributed by atoms with E-state index < -0.39 is 6.10 Å². The minimum atomic E-state index is -0.586. The van der Waals surface area contributed by atoms with Gasteiger partial charge >= 0.3 is 31.1 Å². The molecule has 0 aromatic heterocycles. The molecule has 4 heteroatoms. The topological polar surface area (TPSA) is 49.7 Å². The molecule has 3 nitrogen and oxygen atoms in total. The molecule has 0 aromatic carbocycles. The largest absolute Gasteiger partial charge is 2.00 e. The van der Waals surface area contributed by atoms with Crippen LogP contribution in [0.15, 0.2) is 12.7 Å². The fraction of sp³-hybridized carbons (Fsp3) is 0.556. The van der Waals surface area contributed by atoms with Crippen molar-refractivity contribution in [2.75, 3.05) is 13.2 Å². The van der Waals surface area contributed by atoms with Crippen LogP contribution in [0.3, 0.4) is 0 Å². The summed E-state index contributed by atoms with van der Waals surface area (Å²) in [4.78, 5) is 0. The van der Waals surface area contributed by atoms with Crippen LogP contribution in [0.25, 0.3) is 0 Å². The molecule has 1 heterocycles. The van der Waals surface area contributed by atoms with E-state index in [1.165, 1.54) is 6.08 Å². The van der Waals surface area contributed by atoms with Crippen molar-refractivity contribution in [1.82, 2.24) is 0 Å². The van der Waals surface area contributed by atoms with Crippen molar-refractivity contribution in [3.63, 3.8) is 0 Å². The van der Waals surface area contributed by atoms with Gasteiger partial charge in [0, 0.05) is 6.61 Å². The standard InChI is InChI=1S/C6H10O2.C3H6O.U/c1-5(7)6-3-2-4-8-6;1-2-3-4;/h3,5-7H,1-2,4H2;2,4H,1,3H2;/q-2;;+2. The summed E-state index contributed by atoms with van der Waals surface area (Å²) in [5.41, 5.74) is 0. The van der Waals surface area contributed by atoms with Crippen LogP contribution in [0.5, 0.6) is 0 Å². The van der Waals surface area contributed by atoms with Gasteiger partial charge < -0.3 is 21.9 Å². The molecule has 1 aliphatic rings. The maximum Gasteiger partial charge on any atom is 2.00 e. The number of hydrogen-bond acceptors (Lipinski definition) is 3. The molecule has 0 spiro atoms. The van der Waals surface area contributed by atoms with Crippen LogP contribution < -0.4 is 0 Å². The average Bonchev–Trinajstić information content (AvgIpc) is 2.57. The van der Waals surface area contributed by atoms with E-state index in [-0.39, 0.29) is 43.8 Å². The van der Waals surface area contributed by atoms with Crippen LogP contribution >= 0.6 is 0 Å². The predicted molar refractivity (Wildman–Crippen MR) is 47.3 cm³/mol. The summed E-state index contributed by atoms with van der Waals surface area (Å²) in [5.74, 6) is 0. The fourth-order valence-corrected chi connectivity index (χ4v) is 0.773. The van der Waals surface area contributed by atoms with E-state index in [1.54, 1.807) is 0 Å². The molecule has 2 atom stereocenters. The van der Waals surface area contributed by atoms with Gasteiger partial charge in [-0.05, 0) is 0 Å². The molecule has 74 valence electrons. The number of aliphatic hydroxyl groups excluding tert-OH is 2. The van der Waals surface area contributed by atoms with Crippen molar-refractivity contribution in [2.24, 2.45) is 0 Å². The third-order valence-electron chi connectivity index (χ3n) is 1.34. The minimum Gasteiger partial charge on any atom is -0.425 e. The van der Waals surface area contributed by atoms with Crippen molar-refractivity contribution in [3.05, 3.63) is 26.0 Å². The zero-order valence-electron chi connectivity index (χ0n) is 7.65. The minimum absolute atomic E-state index is 0. The van der Waals surface area contributed by atoms with Gasteiger partial charge in [0.1, 0.15) is 0 Å². The molecule has 0 radical (unpaired) electrons. The van der Waals surface area contributed by atoms with Gasteiger partial charge in [-0.2, -0.15) is 6.42 Å². The van der Waals surface area contributed by atoms with Gasteiger partial charge in [0.25, 0.3) is 0 Å². The molecule has 1 saturated heterocycles. The van der Waals surface area contributed by atoms with Gasteiger partial charge in [-0.3, -0.25) is 6.42 Å². The average molecular weight is 410 g/mol. The summed E-state index contributed by atoms with van der Waals surface area (Å²) in [5, 5.41) is 16.5. The van der Waals surface area contributed by atoms with Crippen LogP contribution in [0.1, 0.15) is 6.42 Å². The van der Waals surface area contributed by atoms with Crippen molar-refractivity contribution in [1.29, 1.82) is 0 Å². The van der Waals surface area contributed by atoms with Crippen molar-refractivity contribution >= 4 is 0 Å². The van der Waals surface area contributed by atoms with E-state index in [2.05, 4.69) is 13.5 Å². The van der Waals surface area contributed by atoms with Gasteiger partial charge in [0.05, 0.1) is 6.61 Å². The normalized spacial score (nSPS) is 22.2. The third kappa shape index (κ3) is 8.99. The molecule has 1 fully saturated rings. The van der Waals surface area contributed by atoms with Crippen LogP contribution in [0, 0.1) is 44.5 Å². The summed E-state index contributed by atoms with van der Waals surface area (Å²) in [7, 11) is 0. The Morgan fingerprint density at radius 3 is 2.46 bits per heavy atom. The van der Waals surface area contributed by atoms with Crippen molar-refractivity contribution in [2.45, 2.75) is 18.6 Å². The van der Waals surface area contributed by atoms with E-state index in [4.69, 9.17) is 14.9 Å². The first-order chi connectivity index (χ1) is 5.72. The molecule has 0 bridgehead atoms. The first kappa shape index (κ1) is 16.1. The maximum atomic E-state index is 8.78. The molecular weight excluding hydrogens is 394 g/mol. The molecular formula is C9H16O3U. The van der Waals surface area contributed by atoms with Crippen LogP contribution in [0.2, 0.25) is 0 Å². The van der Waals surface area contributed by atoms with E-state index in [9.17, 15) is 0 Å². The number of rotatable bonds is 2. The molecule has 1 aliphatic heterocycles. The molecule has 13 heavy (non-hydrogen) atoms. The SMILES string of the molecule is C=CCO.[CH2-]C(O)C1[CH-]CCO1.[U+2]. The molecule has 0 aliphatic carbocycles. The summed E-state index contributed by atoms with van der Waals surface area (Å²) >= 11 is 0. The van der Waals surface area contributed by atoms with E-state index in [0.717, 1.165) is 13.0 Å². The Labute approximate surface area is 104 Å². The second kappa shape index (κ2) is 10.8. The summed E-state index contributed by atoms with van der Waals surface area (Å²) in [6.45, 7) is 7.47. The summed E-state index contributed by atoms with van der Waals surface area (Å²) in [6.07, 6.45) is 3.61. The molecule has 1 rings (SSSR count). The fourth-order valence-electron chi connectivity index (χ4n) is 0.773. The number of hydrogen-bond donors (Lipinski definition) is 2. The molecule has 2 N–H and O–H groups in total. The van der Waals surface area contributed by atoms with Gasteiger partial charge in [0.15, 0.2) is 0 Å². The van der Waals surface area contributed by atoms with Crippen LogP contribution in [0.4, 0.5) is 0 Å². The third-order valence-corrected chi connectivity index (χ3v) is 1.34. The van der Waals surface area contributed by atoms with E-state index in [1.807, 2.05) is 6.42 Å². The summed E-state index contributed by atoms with van der Waals surface area (Å²) < 4.78 is 5.05. The Kier molecular flexibility index (Phi) is 13.3. The quantitative estimate of drug-likeness (QED) is 0.510. The Morgan fingerprint density at radius 2 is 2.31 bits per heavy atom. The smallest absolute Gasteiger partial charge is 0.425 e. The van der Waals surface area contributed by atoms with Gasteiger partial charge in [0.2, 0.25) is 0 Å². The molecule has 0 amide bonds. The number of ether oxygens (including phenoxy) is 1. The Bertz CT molecular complexity index is 111. The summed E-state index contributed by atoms with van der Waals surface area (Å²) in [6, 6.07) is 0. The van der Waals surface area contributed by atoms with E-state index in [0.29, 0.717) is 0 Å². The van der Waals surface area contributed by atoms with Crippen LogP contribution in [-0.2, 0) is 4.74 Å². The molecule has 2 unspecified atom stereocenters. The monoisotopic (exact) mass is 410 g/mol. The second-order valence-electron chi connectivity index (χ2n) is 2.40. The predicted octanol–water partition coefficient (Wildman–Crippen LogP) is 0.339. The van der Waals surface area contributed by atoms with Gasteiger partial charge in [-0.1, -0.05) is 18.3 Å².